The summed E-state index contributed by atoms with van der Waals surface area (Å²) in [6, 6.07) is 6.68. The van der Waals surface area contributed by atoms with E-state index in [0.717, 1.165) is 12.1 Å². The number of carbonyl (C=O) groups excluding carboxylic acids is 1. The summed E-state index contributed by atoms with van der Waals surface area (Å²) in [5, 5.41) is 8.26. The van der Waals surface area contributed by atoms with Crippen LogP contribution in [0.15, 0.2) is 48.8 Å². The molecule has 3 atom stereocenters. The number of amides is 1. The van der Waals surface area contributed by atoms with Crippen LogP contribution in [0.1, 0.15) is 18.1 Å². The molecule has 0 aliphatic carbocycles. The molecular formula is C35H34F3N11O3. The van der Waals surface area contributed by atoms with Crippen LogP contribution in [0.5, 0.6) is 0 Å². The number of imidazole rings is 1. The average molecular weight is 714 g/mol. The molecule has 2 aromatic carbocycles. The summed E-state index contributed by atoms with van der Waals surface area (Å²) in [7, 11) is 4.80. The number of anilines is 2. The second kappa shape index (κ2) is 13.1. The molecule has 8 rings (SSSR count). The number of hydrogen-bond acceptors (Lipinski definition) is 11. The lowest BCUT2D eigenvalue weighted by Gasteiger charge is -2.31. The highest BCUT2D eigenvalue weighted by molar-refractivity contribution is 5.94. The van der Waals surface area contributed by atoms with Gasteiger partial charge in [0.15, 0.2) is 17.3 Å². The first kappa shape index (κ1) is 33.5. The van der Waals surface area contributed by atoms with E-state index in [1.54, 1.807) is 31.3 Å². The van der Waals surface area contributed by atoms with Crippen molar-refractivity contribution >= 4 is 39.7 Å². The predicted octanol–water partition coefficient (Wildman–Crippen LogP) is 4.04. The molecule has 1 amide bonds. The molecular weight excluding hydrogens is 679 g/mol. The number of methoxy groups -OCH3 is 2. The second-order valence-corrected chi connectivity index (χ2v) is 13.0. The van der Waals surface area contributed by atoms with Crippen LogP contribution in [0, 0.1) is 24.4 Å². The van der Waals surface area contributed by atoms with Crippen LogP contribution in [0.25, 0.3) is 39.0 Å². The minimum absolute atomic E-state index is 0.00585. The lowest BCUT2D eigenvalue weighted by molar-refractivity contribution is -0.132. The number of aryl methyl sites for hydroxylation is 1. The van der Waals surface area contributed by atoms with Crippen molar-refractivity contribution in [1.29, 1.82) is 0 Å². The van der Waals surface area contributed by atoms with Crippen molar-refractivity contribution in [2.75, 3.05) is 44.6 Å². The Bertz CT molecular complexity index is 2350. The van der Waals surface area contributed by atoms with Gasteiger partial charge in [-0.25, -0.2) is 42.8 Å². The van der Waals surface area contributed by atoms with E-state index in [-0.39, 0.29) is 48.8 Å². The monoisotopic (exact) mass is 713 g/mol. The van der Waals surface area contributed by atoms with Gasteiger partial charge in [-0.2, -0.15) is 5.10 Å². The van der Waals surface area contributed by atoms with Crippen LogP contribution in [0.2, 0.25) is 0 Å². The first-order chi connectivity index (χ1) is 25.1. The third-order valence-electron chi connectivity index (χ3n) is 9.56. The largest absolute Gasteiger partial charge is 0.378 e. The fourth-order valence-electron chi connectivity index (χ4n) is 7.18. The number of fused-ring (bicyclic) bond motifs is 6. The summed E-state index contributed by atoms with van der Waals surface area (Å²) in [5.74, 6) is -0.577. The molecule has 6 aromatic rings. The Labute approximate surface area is 295 Å². The molecule has 14 nitrogen and oxygen atoms in total. The van der Waals surface area contributed by atoms with Crippen LogP contribution in [-0.4, -0.2) is 103 Å². The van der Waals surface area contributed by atoms with Crippen molar-refractivity contribution in [2.24, 2.45) is 0 Å². The molecule has 6 heterocycles. The van der Waals surface area contributed by atoms with Crippen LogP contribution in [0.3, 0.4) is 0 Å². The van der Waals surface area contributed by atoms with Gasteiger partial charge in [-0.3, -0.25) is 4.79 Å². The minimum Gasteiger partial charge on any atom is -0.378 e. The van der Waals surface area contributed by atoms with Crippen molar-refractivity contribution in [3.8, 4) is 16.9 Å². The van der Waals surface area contributed by atoms with E-state index in [1.165, 1.54) is 36.2 Å². The molecule has 0 saturated carbocycles. The molecule has 1 N–H and O–H groups in total. The number of halogens is 3. The molecule has 4 aromatic heterocycles. The first-order valence-electron chi connectivity index (χ1n) is 16.6. The average Bonchev–Trinajstić information content (AvgIpc) is 3.82. The number of nitrogens with zero attached hydrogens (tertiary/aromatic N) is 10. The van der Waals surface area contributed by atoms with Gasteiger partial charge in [0.1, 0.15) is 41.6 Å². The number of nitrogens with one attached hydrogen (secondary N) is 1. The quantitative estimate of drug-likeness (QED) is 0.277. The zero-order valence-corrected chi connectivity index (χ0v) is 28.7. The van der Waals surface area contributed by atoms with Crippen molar-refractivity contribution < 1.29 is 27.4 Å². The zero-order chi connectivity index (χ0) is 36.3. The van der Waals surface area contributed by atoms with Gasteiger partial charge in [0.25, 0.3) is 0 Å². The normalized spacial score (nSPS) is 19.3. The molecule has 0 unspecified atom stereocenters. The number of ether oxygens (including phenoxy) is 2. The third-order valence-corrected chi connectivity index (χ3v) is 9.56. The minimum atomic E-state index is -0.821. The Morgan fingerprint density at radius 1 is 0.981 bits per heavy atom. The molecule has 0 spiro atoms. The number of rotatable bonds is 5. The highest BCUT2D eigenvalue weighted by Gasteiger charge is 2.41. The number of hydrogen-bond donors (Lipinski definition) is 1. The number of likely N-dealkylation sites (N-methyl/N-ethyl adjacent to an activating group) is 1. The lowest BCUT2D eigenvalue weighted by Crippen LogP contribution is -2.47. The van der Waals surface area contributed by atoms with E-state index in [2.05, 4.69) is 25.4 Å². The standard InChI is InChI=1S/C35H34F3N11O3/c1-18-41-27-11-20(37)9-23-26-7-8-39-35(43-26)42-21-12-29(34(50)46(2)15-22(52-4)16-47(18)31(23)27)48(14-21)32-24-13-40-49(28-6-5-19(36)10-25(28)38)33(24)45-30(44-32)17-51-3/h5-11,13,21-22,29H,12,14-17H2,1-4H3,(H,39,42,43)/t21-,22+,29-/m0/s1. The Balaban J connectivity index is 1.25. The second-order valence-electron chi connectivity index (χ2n) is 13.0. The molecule has 0 radical (unpaired) electrons. The summed E-state index contributed by atoms with van der Waals surface area (Å²) in [4.78, 5) is 41.3. The zero-order valence-electron chi connectivity index (χ0n) is 28.7. The molecule has 4 bridgehead atoms. The Morgan fingerprint density at radius 3 is 2.62 bits per heavy atom. The van der Waals surface area contributed by atoms with Gasteiger partial charge >= 0.3 is 0 Å². The van der Waals surface area contributed by atoms with Crippen molar-refractivity contribution in [3.05, 3.63) is 77.9 Å². The fourth-order valence-corrected chi connectivity index (χ4v) is 7.18. The van der Waals surface area contributed by atoms with Crippen molar-refractivity contribution in [2.45, 2.75) is 44.7 Å². The highest BCUT2D eigenvalue weighted by Crippen LogP contribution is 2.35. The maximum absolute atomic E-state index is 15.0. The Morgan fingerprint density at radius 2 is 1.83 bits per heavy atom. The number of carbonyl (C=O) groups is 1. The summed E-state index contributed by atoms with van der Waals surface area (Å²) in [6.07, 6.45) is 2.98. The maximum Gasteiger partial charge on any atom is 0.245 e. The van der Waals surface area contributed by atoms with E-state index >= 15 is 4.39 Å². The van der Waals surface area contributed by atoms with Crippen LogP contribution < -0.4 is 10.2 Å². The highest BCUT2D eigenvalue weighted by atomic mass is 19.1. The molecule has 1 fully saturated rings. The third kappa shape index (κ3) is 5.84. The van der Waals surface area contributed by atoms with E-state index in [4.69, 9.17) is 19.4 Å². The molecule has 17 heteroatoms. The molecule has 52 heavy (non-hydrogen) atoms. The van der Waals surface area contributed by atoms with Gasteiger partial charge in [0.05, 0.1) is 41.0 Å². The fraction of sp³-hybridized carbons (Fsp3) is 0.343. The van der Waals surface area contributed by atoms with E-state index in [0.29, 0.717) is 58.2 Å². The van der Waals surface area contributed by atoms with E-state index in [1.807, 2.05) is 16.4 Å². The van der Waals surface area contributed by atoms with E-state index < -0.39 is 29.6 Å². The summed E-state index contributed by atoms with van der Waals surface area (Å²) < 4.78 is 58.4. The van der Waals surface area contributed by atoms with Crippen molar-refractivity contribution in [3.63, 3.8) is 0 Å². The molecule has 2 aliphatic rings. The summed E-state index contributed by atoms with van der Waals surface area (Å²) in [6.45, 7) is 2.71. The van der Waals surface area contributed by atoms with Gasteiger partial charge in [0, 0.05) is 64.3 Å². The predicted molar refractivity (Wildman–Crippen MR) is 184 cm³/mol. The molecule has 268 valence electrons. The first-order valence-corrected chi connectivity index (χ1v) is 16.6. The van der Waals surface area contributed by atoms with Gasteiger partial charge in [-0.1, -0.05) is 0 Å². The van der Waals surface area contributed by atoms with Gasteiger partial charge in [0.2, 0.25) is 11.9 Å². The molecule has 1 saturated heterocycles. The van der Waals surface area contributed by atoms with Crippen LogP contribution in [-0.2, 0) is 27.4 Å². The van der Waals surface area contributed by atoms with Gasteiger partial charge in [-0.05, 0) is 37.6 Å². The molecule has 2 aliphatic heterocycles. The van der Waals surface area contributed by atoms with Crippen LogP contribution >= 0.6 is 0 Å². The van der Waals surface area contributed by atoms with Gasteiger partial charge < -0.3 is 29.2 Å². The number of benzene rings is 2. The SMILES string of the molecule is COCc1nc(N2C[C@@H]3C[C@H]2C(=O)N(C)C[C@@H](OC)Cn2c(C)nc4cc(F)cc(c42)-c2ccnc(n2)N3)c2cnn(-c3ccc(F)cc3F)c2n1. The Kier molecular flexibility index (Phi) is 8.45. The topological polar surface area (TPSA) is 141 Å². The lowest BCUT2D eigenvalue weighted by atomic mass is 10.1. The maximum atomic E-state index is 15.0. The van der Waals surface area contributed by atoms with Gasteiger partial charge in [-0.15, -0.1) is 0 Å². The summed E-state index contributed by atoms with van der Waals surface area (Å²) >= 11 is 0. The summed E-state index contributed by atoms with van der Waals surface area (Å²) in [5.41, 5.74) is 2.47. The van der Waals surface area contributed by atoms with Crippen molar-refractivity contribution in [1.82, 2.24) is 44.2 Å². The van der Waals surface area contributed by atoms with Crippen LogP contribution in [0.4, 0.5) is 24.9 Å². The number of aromatic nitrogens is 8. The smallest absolute Gasteiger partial charge is 0.245 e. The Hall–Kier alpha value is -5.68. The van der Waals surface area contributed by atoms with E-state index in [9.17, 15) is 13.6 Å².